The lowest BCUT2D eigenvalue weighted by molar-refractivity contribution is -0.123. The van der Waals surface area contributed by atoms with Crippen LogP contribution >= 0.6 is 11.8 Å². The van der Waals surface area contributed by atoms with Crippen molar-refractivity contribution in [2.75, 3.05) is 12.0 Å². The normalized spacial score (nSPS) is 12.2. The van der Waals surface area contributed by atoms with E-state index in [0.717, 1.165) is 33.3 Å². The van der Waals surface area contributed by atoms with E-state index in [9.17, 15) is 9.59 Å². The number of aromatic amines is 1. The number of carbonyl (C=O) groups is 2. The van der Waals surface area contributed by atoms with E-state index in [1.165, 1.54) is 0 Å². The SMILES string of the molecule is CSCCC(NC(=O)c1cc2c([nH]c3ccccc32)c(C)n1)C(=O)NCc1ccco1. The number of aromatic nitrogens is 2. The van der Waals surface area contributed by atoms with Crippen LogP contribution in [-0.4, -0.2) is 39.8 Å². The summed E-state index contributed by atoms with van der Waals surface area (Å²) in [5.74, 6) is 0.788. The van der Waals surface area contributed by atoms with Crippen molar-refractivity contribution in [3.8, 4) is 0 Å². The Kier molecular flexibility index (Phi) is 6.27. The average Bonchev–Trinajstić information content (AvgIpc) is 3.43. The van der Waals surface area contributed by atoms with Gasteiger partial charge in [0.2, 0.25) is 5.91 Å². The first-order chi connectivity index (χ1) is 15.1. The number of benzene rings is 1. The molecule has 4 rings (SSSR count). The van der Waals surface area contributed by atoms with Gasteiger partial charge in [-0.15, -0.1) is 0 Å². The molecule has 7 nitrogen and oxygen atoms in total. The Morgan fingerprint density at radius 1 is 1.19 bits per heavy atom. The standard InChI is InChI=1S/C23H24N4O3S/c1-14-21-17(16-7-3-4-8-18(16)26-21)12-20(25-14)23(29)27-19(9-11-31-2)22(28)24-13-15-6-5-10-30-15/h3-8,10,12,19,26H,9,11,13H2,1-2H3,(H,24,28)(H,27,29). The van der Waals surface area contributed by atoms with E-state index in [1.807, 2.05) is 37.4 Å². The fraction of sp³-hybridized carbons (Fsp3) is 0.261. The van der Waals surface area contributed by atoms with Crippen LogP contribution in [0.15, 0.2) is 53.1 Å². The van der Waals surface area contributed by atoms with E-state index >= 15 is 0 Å². The molecule has 2 amide bonds. The number of carbonyl (C=O) groups excluding carboxylic acids is 2. The highest BCUT2D eigenvalue weighted by atomic mass is 32.2. The number of aryl methyl sites for hydroxylation is 1. The fourth-order valence-electron chi connectivity index (χ4n) is 3.57. The lowest BCUT2D eigenvalue weighted by atomic mass is 10.1. The van der Waals surface area contributed by atoms with E-state index in [4.69, 9.17) is 4.42 Å². The summed E-state index contributed by atoms with van der Waals surface area (Å²) in [4.78, 5) is 33.6. The monoisotopic (exact) mass is 436 g/mol. The lowest BCUT2D eigenvalue weighted by Gasteiger charge is -2.18. The quantitative estimate of drug-likeness (QED) is 0.390. The third-order valence-electron chi connectivity index (χ3n) is 5.16. The zero-order valence-electron chi connectivity index (χ0n) is 17.4. The van der Waals surface area contributed by atoms with Gasteiger partial charge in [0, 0.05) is 16.3 Å². The molecule has 0 aliphatic rings. The van der Waals surface area contributed by atoms with Crippen LogP contribution in [0, 0.1) is 6.92 Å². The Balaban J connectivity index is 1.55. The number of H-pyrrole nitrogens is 1. The maximum absolute atomic E-state index is 13.0. The molecule has 1 atom stereocenters. The van der Waals surface area contributed by atoms with Gasteiger partial charge >= 0.3 is 0 Å². The average molecular weight is 437 g/mol. The molecule has 4 aromatic rings. The number of thioether (sulfide) groups is 1. The van der Waals surface area contributed by atoms with Gasteiger partial charge < -0.3 is 20.0 Å². The molecule has 0 aliphatic heterocycles. The molecule has 1 unspecified atom stereocenters. The van der Waals surface area contributed by atoms with Crippen LogP contribution in [-0.2, 0) is 11.3 Å². The summed E-state index contributed by atoms with van der Waals surface area (Å²) in [6, 6.07) is 12.6. The molecule has 160 valence electrons. The van der Waals surface area contributed by atoms with Crippen LogP contribution in [0.5, 0.6) is 0 Å². The lowest BCUT2D eigenvalue weighted by Crippen LogP contribution is -2.47. The van der Waals surface area contributed by atoms with Crippen molar-refractivity contribution in [2.45, 2.75) is 25.9 Å². The van der Waals surface area contributed by atoms with Crippen molar-refractivity contribution >= 4 is 45.4 Å². The van der Waals surface area contributed by atoms with Gasteiger partial charge in [0.15, 0.2) is 0 Å². The van der Waals surface area contributed by atoms with E-state index in [1.54, 1.807) is 36.2 Å². The van der Waals surface area contributed by atoms with Crippen molar-refractivity contribution in [3.05, 3.63) is 65.9 Å². The summed E-state index contributed by atoms with van der Waals surface area (Å²) >= 11 is 1.62. The number of rotatable bonds is 8. The number of pyridine rings is 1. The molecule has 0 spiro atoms. The molecule has 0 aliphatic carbocycles. The Morgan fingerprint density at radius 2 is 2.03 bits per heavy atom. The molecule has 0 fully saturated rings. The zero-order valence-corrected chi connectivity index (χ0v) is 18.2. The highest BCUT2D eigenvalue weighted by Crippen LogP contribution is 2.27. The molecule has 3 aromatic heterocycles. The molecule has 31 heavy (non-hydrogen) atoms. The molecular weight excluding hydrogens is 412 g/mol. The summed E-state index contributed by atoms with van der Waals surface area (Å²) in [6.07, 6.45) is 4.05. The van der Waals surface area contributed by atoms with Gasteiger partial charge in [0.25, 0.3) is 5.91 Å². The maximum Gasteiger partial charge on any atom is 0.270 e. The Bertz CT molecular complexity index is 1220. The minimum absolute atomic E-state index is 0.247. The third-order valence-corrected chi connectivity index (χ3v) is 5.80. The molecular formula is C23H24N4O3S. The van der Waals surface area contributed by atoms with Gasteiger partial charge in [-0.3, -0.25) is 9.59 Å². The number of nitrogens with zero attached hydrogens (tertiary/aromatic N) is 1. The van der Waals surface area contributed by atoms with Gasteiger partial charge in [-0.1, -0.05) is 18.2 Å². The summed E-state index contributed by atoms with van der Waals surface area (Å²) in [5.41, 5.74) is 2.94. The van der Waals surface area contributed by atoms with Crippen LogP contribution in [0.1, 0.15) is 28.4 Å². The number of amides is 2. The first-order valence-corrected chi connectivity index (χ1v) is 11.4. The summed E-state index contributed by atoms with van der Waals surface area (Å²) in [7, 11) is 0. The topological polar surface area (TPSA) is 100 Å². The van der Waals surface area contributed by atoms with Crippen LogP contribution in [0.3, 0.4) is 0 Å². The Labute approximate surface area is 184 Å². The van der Waals surface area contributed by atoms with Crippen LogP contribution < -0.4 is 10.6 Å². The van der Waals surface area contributed by atoms with Gasteiger partial charge in [0.1, 0.15) is 17.5 Å². The van der Waals surface area contributed by atoms with E-state index < -0.39 is 6.04 Å². The Hall–Kier alpha value is -3.26. The van der Waals surface area contributed by atoms with E-state index in [-0.39, 0.29) is 18.4 Å². The molecule has 0 radical (unpaired) electrons. The molecule has 0 saturated heterocycles. The second-order valence-electron chi connectivity index (χ2n) is 7.29. The fourth-order valence-corrected chi connectivity index (χ4v) is 4.04. The second-order valence-corrected chi connectivity index (χ2v) is 8.28. The molecule has 0 bridgehead atoms. The number of furan rings is 1. The van der Waals surface area contributed by atoms with Gasteiger partial charge in [-0.25, -0.2) is 4.98 Å². The predicted molar refractivity (Wildman–Crippen MR) is 123 cm³/mol. The molecule has 8 heteroatoms. The van der Waals surface area contributed by atoms with Gasteiger partial charge in [0.05, 0.1) is 24.0 Å². The number of hydrogen-bond donors (Lipinski definition) is 3. The molecule has 3 heterocycles. The van der Waals surface area contributed by atoms with Crippen molar-refractivity contribution in [1.82, 2.24) is 20.6 Å². The van der Waals surface area contributed by atoms with Crippen LogP contribution in [0.4, 0.5) is 0 Å². The van der Waals surface area contributed by atoms with E-state index in [0.29, 0.717) is 17.9 Å². The van der Waals surface area contributed by atoms with Crippen molar-refractivity contribution in [1.29, 1.82) is 0 Å². The van der Waals surface area contributed by atoms with Gasteiger partial charge in [-0.05, 0) is 49.6 Å². The smallest absolute Gasteiger partial charge is 0.270 e. The number of para-hydroxylation sites is 1. The van der Waals surface area contributed by atoms with Gasteiger partial charge in [-0.2, -0.15) is 11.8 Å². The van der Waals surface area contributed by atoms with Crippen molar-refractivity contribution in [2.24, 2.45) is 0 Å². The number of hydrogen-bond acceptors (Lipinski definition) is 5. The van der Waals surface area contributed by atoms with Crippen molar-refractivity contribution in [3.63, 3.8) is 0 Å². The Morgan fingerprint density at radius 3 is 2.81 bits per heavy atom. The highest BCUT2D eigenvalue weighted by molar-refractivity contribution is 7.98. The molecule has 3 N–H and O–H groups in total. The minimum atomic E-state index is -0.657. The minimum Gasteiger partial charge on any atom is -0.467 e. The highest BCUT2D eigenvalue weighted by Gasteiger charge is 2.23. The first kappa shape index (κ1) is 21.0. The van der Waals surface area contributed by atoms with E-state index in [2.05, 4.69) is 20.6 Å². The van der Waals surface area contributed by atoms with Crippen LogP contribution in [0.25, 0.3) is 21.8 Å². The zero-order chi connectivity index (χ0) is 21.8. The van der Waals surface area contributed by atoms with Crippen LogP contribution in [0.2, 0.25) is 0 Å². The first-order valence-electron chi connectivity index (χ1n) is 10.0. The third kappa shape index (κ3) is 4.59. The maximum atomic E-state index is 13.0. The summed E-state index contributed by atoms with van der Waals surface area (Å²) in [6.45, 7) is 2.14. The largest absolute Gasteiger partial charge is 0.467 e. The predicted octanol–water partition coefficient (Wildman–Crippen LogP) is 3.79. The summed E-state index contributed by atoms with van der Waals surface area (Å²) < 4.78 is 5.26. The summed E-state index contributed by atoms with van der Waals surface area (Å²) in [5, 5.41) is 7.67. The second kappa shape index (κ2) is 9.26. The number of nitrogens with one attached hydrogen (secondary N) is 3. The molecule has 1 aromatic carbocycles. The number of fused-ring (bicyclic) bond motifs is 3. The van der Waals surface area contributed by atoms with Crippen molar-refractivity contribution < 1.29 is 14.0 Å². The molecule has 0 saturated carbocycles.